The van der Waals surface area contributed by atoms with Gasteiger partial charge in [0.1, 0.15) is 0 Å². The maximum absolute atomic E-state index is 5.23. The number of benzene rings is 8. The number of rotatable bonds is 6. The first-order valence-electron chi connectivity index (χ1n) is 17.6. The molecule has 0 aliphatic heterocycles. The normalized spacial score (nSPS) is 11.5. The Morgan fingerprint density at radius 2 is 0.923 bits per heavy atom. The van der Waals surface area contributed by atoms with Crippen LogP contribution in [0.2, 0.25) is 0 Å². The van der Waals surface area contributed by atoms with Gasteiger partial charge in [0, 0.05) is 34.6 Å². The van der Waals surface area contributed by atoms with E-state index in [9.17, 15) is 0 Å². The smallest absolute Gasteiger partial charge is 0.160 e. The summed E-state index contributed by atoms with van der Waals surface area (Å²) in [5.74, 6) is 0.683. The molecule has 0 radical (unpaired) electrons. The number of aromatic nitrogens is 3. The van der Waals surface area contributed by atoms with Crippen LogP contribution in [0, 0.1) is 0 Å². The minimum absolute atomic E-state index is 0.683. The van der Waals surface area contributed by atoms with Crippen molar-refractivity contribution in [2.75, 3.05) is 0 Å². The molecule has 8 aromatic carbocycles. The standard InChI is InChI=1S/C49H31N3/c1-2-8-32(9-3-1)33-15-19-35(20-16-33)45-30-46(43-14-5-4-13-41(43)40-12-7-29-50-31-40)52-49(51-45)39-23-17-34(18-24-39)42-27-25-38-22-21-36-10-6-11-37-26-28-44(42)48(38)47(36)37/h1-31H. The van der Waals surface area contributed by atoms with Crippen LogP contribution in [-0.4, -0.2) is 15.0 Å². The van der Waals surface area contributed by atoms with Crippen LogP contribution in [0.3, 0.4) is 0 Å². The number of nitrogens with zero attached hydrogens (tertiary/aromatic N) is 3. The fourth-order valence-corrected chi connectivity index (χ4v) is 7.59. The highest BCUT2D eigenvalue weighted by atomic mass is 14.9. The lowest BCUT2D eigenvalue weighted by molar-refractivity contribution is 1.18. The molecule has 0 saturated carbocycles. The van der Waals surface area contributed by atoms with Crippen LogP contribution in [0.4, 0.5) is 0 Å². The molecular weight excluding hydrogens is 631 g/mol. The summed E-state index contributed by atoms with van der Waals surface area (Å²) in [7, 11) is 0. The largest absolute Gasteiger partial charge is 0.264 e. The predicted molar refractivity (Wildman–Crippen MR) is 216 cm³/mol. The molecule has 0 fully saturated rings. The van der Waals surface area contributed by atoms with E-state index in [1.54, 1.807) is 6.20 Å². The summed E-state index contributed by atoms with van der Waals surface area (Å²) in [4.78, 5) is 14.8. The summed E-state index contributed by atoms with van der Waals surface area (Å²) >= 11 is 0. The van der Waals surface area contributed by atoms with Crippen molar-refractivity contribution < 1.29 is 0 Å². The Labute approximate surface area is 301 Å². The van der Waals surface area contributed by atoms with Gasteiger partial charge >= 0.3 is 0 Å². The van der Waals surface area contributed by atoms with Crippen molar-refractivity contribution in [3.8, 4) is 67.3 Å². The van der Waals surface area contributed by atoms with Gasteiger partial charge in [0.15, 0.2) is 5.82 Å². The van der Waals surface area contributed by atoms with Gasteiger partial charge in [-0.2, -0.15) is 0 Å². The summed E-state index contributed by atoms with van der Waals surface area (Å²) in [5.41, 5.74) is 11.6. The van der Waals surface area contributed by atoms with Crippen LogP contribution >= 0.6 is 0 Å². The Morgan fingerprint density at radius 1 is 0.327 bits per heavy atom. The Bertz CT molecular complexity index is 2850. The first-order chi connectivity index (χ1) is 25.8. The van der Waals surface area contributed by atoms with Crippen molar-refractivity contribution in [3.63, 3.8) is 0 Å². The van der Waals surface area contributed by atoms with E-state index >= 15 is 0 Å². The third-order valence-corrected chi connectivity index (χ3v) is 10.2. The van der Waals surface area contributed by atoms with E-state index in [0.717, 1.165) is 44.8 Å². The summed E-state index contributed by atoms with van der Waals surface area (Å²) in [6, 6.07) is 62.4. The third kappa shape index (κ3) is 5.19. The lowest BCUT2D eigenvalue weighted by Gasteiger charge is -2.15. The Hall–Kier alpha value is -6.97. The minimum atomic E-state index is 0.683. The Morgan fingerprint density at radius 3 is 1.69 bits per heavy atom. The van der Waals surface area contributed by atoms with E-state index in [1.807, 2.05) is 18.3 Å². The van der Waals surface area contributed by atoms with Crippen LogP contribution in [-0.2, 0) is 0 Å². The zero-order valence-corrected chi connectivity index (χ0v) is 28.2. The van der Waals surface area contributed by atoms with Gasteiger partial charge in [0.2, 0.25) is 0 Å². The summed E-state index contributed by atoms with van der Waals surface area (Å²) in [6.45, 7) is 0. The van der Waals surface area contributed by atoms with E-state index in [4.69, 9.17) is 9.97 Å². The fourth-order valence-electron chi connectivity index (χ4n) is 7.59. The molecule has 242 valence electrons. The van der Waals surface area contributed by atoms with Gasteiger partial charge in [-0.15, -0.1) is 0 Å². The Kier molecular flexibility index (Phi) is 7.14. The molecule has 0 unspecified atom stereocenters. The van der Waals surface area contributed by atoms with E-state index in [1.165, 1.54) is 49.0 Å². The van der Waals surface area contributed by atoms with Gasteiger partial charge in [-0.1, -0.05) is 164 Å². The van der Waals surface area contributed by atoms with Crippen LogP contribution in [0.5, 0.6) is 0 Å². The third-order valence-electron chi connectivity index (χ3n) is 10.2. The first kappa shape index (κ1) is 29.9. The van der Waals surface area contributed by atoms with E-state index < -0.39 is 0 Å². The monoisotopic (exact) mass is 661 g/mol. The number of hydrogen-bond donors (Lipinski definition) is 0. The molecule has 2 aromatic heterocycles. The fraction of sp³-hybridized carbons (Fsp3) is 0. The first-order valence-corrected chi connectivity index (χ1v) is 17.6. The summed E-state index contributed by atoms with van der Waals surface area (Å²) < 4.78 is 0. The van der Waals surface area contributed by atoms with E-state index in [0.29, 0.717) is 5.82 Å². The maximum atomic E-state index is 5.23. The Balaban J connectivity index is 1.10. The molecule has 0 amide bonds. The van der Waals surface area contributed by atoms with E-state index in [2.05, 4.69) is 169 Å². The molecule has 52 heavy (non-hydrogen) atoms. The molecule has 0 aliphatic rings. The van der Waals surface area contributed by atoms with Gasteiger partial charge in [-0.3, -0.25) is 4.98 Å². The molecule has 10 rings (SSSR count). The zero-order chi connectivity index (χ0) is 34.4. The number of pyridine rings is 1. The molecule has 3 heteroatoms. The minimum Gasteiger partial charge on any atom is -0.264 e. The maximum Gasteiger partial charge on any atom is 0.160 e. The lowest BCUT2D eigenvalue weighted by atomic mass is 9.90. The molecule has 3 nitrogen and oxygen atoms in total. The average Bonchev–Trinajstić information content (AvgIpc) is 3.23. The van der Waals surface area contributed by atoms with Crippen LogP contribution in [0.25, 0.3) is 99.6 Å². The van der Waals surface area contributed by atoms with Crippen molar-refractivity contribution >= 4 is 32.3 Å². The molecule has 0 spiro atoms. The van der Waals surface area contributed by atoms with Crippen molar-refractivity contribution in [3.05, 3.63) is 188 Å². The van der Waals surface area contributed by atoms with Gasteiger partial charge in [-0.25, -0.2) is 9.97 Å². The van der Waals surface area contributed by atoms with Crippen molar-refractivity contribution in [1.29, 1.82) is 0 Å². The van der Waals surface area contributed by atoms with Crippen molar-refractivity contribution in [2.24, 2.45) is 0 Å². The van der Waals surface area contributed by atoms with Gasteiger partial charge in [0.05, 0.1) is 11.4 Å². The highest BCUT2D eigenvalue weighted by molar-refractivity contribution is 6.25. The molecule has 0 saturated heterocycles. The average molecular weight is 662 g/mol. The molecule has 0 aliphatic carbocycles. The highest BCUT2D eigenvalue weighted by Gasteiger charge is 2.16. The molecule has 2 heterocycles. The van der Waals surface area contributed by atoms with Crippen LogP contribution in [0.15, 0.2) is 188 Å². The van der Waals surface area contributed by atoms with E-state index in [-0.39, 0.29) is 0 Å². The quantitative estimate of drug-likeness (QED) is 0.166. The molecule has 0 N–H and O–H groups in total. The lowest BCUT2D eigenvalue weighted by Crippen LogP contribution is -1.97. The summed E-state index contributed by atoms with van der Waals surface area (Å²) in [6.07, 6.45) is 3.71. The summed E-state index contributed by atoms with van der Waals surface area (Å²) in [5, 5.41) is 7.73. The zero-order valence-electron chi connectivity index (χ0n) is 28.2. The number of hydrogen-bond acceptors (Lipinski definition) is 3. The molecule has 0 bridgehead atoms. The van der Waals surface area contributed by atoms with Crippen LogP contribution < -0.4 is 0 Å². The van der Waals surface area contributed by atoms with Crippen LogP contribution in [0.1, 0.15) is 0 Å². The van der Waals surface area contributed by atoms with Gasteiger partial charge < -0.3 is 0 Å². The second kappa shape index (κ2) is 12.4. The second-order valence-corrected chi connectivity index (χ2v) is 13.2. The molecular formula is C49H31N3. The van der Waals surface area contributed by atoms with Crippen molar-refractivity contribution in [2.45, 2.75) is 0 Å². The molecule has 0 atom stereocenters. The topological polar surface area (TPSA) is 38.7 Å². The highest BCUT2D eigenvalue weighted by Crippen LogP contribution is 2.40. The SMILES string of the molecule is c1ccc(-c2ccc(-c3cc(-c4ccccc4-c4cccnc4)nc(-c4ccc(-c5ccc6ccc7cccc8ccc5c6c78)cc4)n3)cc2)cc1. The van der Waals surface area contributed by atoms with Crippen molar-refractivity contribution in [1.82, 2.24) is 15.0 Å². The van der Waals surface area contributed by atoms with Gasteiger partial charge in [0.25, 0.3) is 0 Å². The second-order valence-electron chi connectivity index (χ2n) is 13.2. The van der Waals surface area contributed by atoms with Gasteiger partial charge in [-0.05, 0) is 72.3 Å². The molecule has 10 aromatic rings. The predicted octanol–water partition coefficient (Wildman–Crippen LogP) is 12.8.